The van der Waals surface area contributed by atoms with E-state index in [2.05, 4.69) is 21.5 Å². The number of aromatic nitrogens is 3. The van der Waals surface area contributed by atoms with Gasteiger partial charge >= 0.3 is 0 Å². The van der Waals surface area contributed by atoms with Gasteiger partial charge in [-0.15, -0.1) is 0 Å². The van der Waals surface area contributed by atoms with Gasteiger partial charge in [-0.1, -0.05) is 6.07 Å². The fourth-order valence-corrected chi connectivity index (χ4v) is 3.55. The Bertz CT molecular complexity index is 1190. The number of nitrogens with zero attached hydrogens (tertiary/aromatic N) is 5. The highest BCUT2D eigenvalue weighted by atomic mass is 16.5. The minimum Gasteiger partial charge on any atom is -0.489 e. The van der Waals surface area contributed by atoms with E-state index in [4.69, 9.17) is 9.47 Å². The van der Waals surface area contributed by atoms with Crippen LogP contribution in [0.2, 0.25) is 0 Å². The average Bonchev–Trinajstić information content (AvgIpc) is 3.18. The van der Waals surface area contributed by atoms with E-state index >= 15 is 0 Å². The van der Waals surface area contributed by atoms with Crippen LogP contribution in [-0.4, -0.2) is 58.0 Å². The third kappa shape index (κ3) is 4.99. The molecule has 3 aromatic rings. The molecule has 10 nitrogen and oxygen atoms in total. The predicted molar refractivity (Wildman–Crippen MR) is 120 cm³/mol. The Balaban J connectivity index is 1.44. The van der Waals surface area contributed by atoms with Crippen LogP contribution < -0.4 is 19.7 Å². The minimum absolute atomic E-state index is 0.0402. The van der Waals surface area contributed by atoms with Crippen LogP contribution in [0.15, 0.2) is 36.8 Å². The molecule has 1 fully saturated rings. The molecule has 0 atom stereocenters. The molecule has 1 aliphatic rings. The number of anilines is 1. The van der Waals surface area contributed by atoms with Crippen molar-refractivity contribution in [3.05, 3.63) is 47.9 Å². The highest BCUT2D eigenvalue weighted by Crippen LogP contribution is 2.34. The van der Waals surface area contributed by atoms with Crippen molar-refractivity contribution in [2.45, 2.75) is 26.0 Å². The van der Waals surface area contributed by atoms with E-state index < -0.39 is 5.60 Å². The van der Waals surface area contributed by atoms with Gasteiger partial charge in [0.2, 0.25) is 11.8 Å². The number of fused-ring (bicyclic) bond motifs is 1. The summed E-state index contributed by atoms with van der Waals surface area (Å²) in [4.78, 5) is 18.8. The molecule has 0 saturated carbocycles. The zero-order valence-electron chi connectivity index (χ0n) is 18.8. The summed E-state index contributed by atoms with van der Waals surface area (Å²) in [6.45, 7) is 4.83. The number of carbonyl (C=O) groups is 1. The molecule has 4 heterocycles. The Morgan fingerprint density at radius 2 is 2.15 bits per heavy atom. The average molecular weight is 450 g/mol. The molecule has 0 unspecified atom stereocenters. The Morgan fingerprint density at radius 1 is 1.36 bits per heavy atom. The number of rotatable bonds is 8. The van der Waals surface area contributed by atoms with Gasteiger partial charge in [0.25, 0.3) is 0 Å². The fraction of sp³-hybridized carbons (Fsp3) is 0.391. The molecule has 4 rings (SSSR count). The van der Waals surface area contributed by atoms with Crippen LogP contribution in [0.4, 0.5) is 5.69 Å². The van der Waals surface area contributed by atoms with E-state index in [0.717, 1.165) is 11.3 Å². The van der Waals surface area contributed by atoms with E-state index in [0.29, 0.717) is 42.3 Å². The molecule has 0 bridgehead atoms. The number of pyridine rings is 2. The zero-order valence-corrected chi connectivity index (χ0v) is 18.8. The number of hydrogen-bond donors (Lipinski definition) is 2. The molecule has 10 heteroatoms. The van der Waals surface area contributed by atoms with Crippen molar-refractivity contribution in [3.63, 3.8) is 0 Å². The summed E-state index contributed by atoms with van der Waals surface area (Å²) in [5, 5.41) is 26.7. The highest BCUT2D eigenvalue weighted by molar-refractivity contribution is 5.86. The molecule has 2 N–H and O–H groups in total. The molecule has 172 valence electrons. The smallest absolute Gasteiger partial charge is 0.226 e. The summed E-state index contributed by atoms with van der Waals surface area (Å²) in [5.74, 6) is 0.829. The second-order valence-corrected chi connectivity index (χ2v) is 8.65. The molecule has 33 heavy (non-hydrogen) atoms. The van der Waals surface area contributed by atoms with E-state index in [-0.39, 0.29) is 18.4 Å². The molecule has 3 aromatic heterocycles. The van der Waals surface area contributed by atoms with Gasteiger partial charge in [0.1, 0.15) is 23.9 Å². The normalized spacial score (nSPS) is 14.0. The number of carbonyl (C=O) groups excluding carboxylic acids is 1. The number of ether oxygens (including phenoxy) is 2. The van der Waals surface area contributed by atoms with Crippen molar-refractivity contribution < 1.29 is 19.4 Å². The van der Waals surface area contributed by atoms with Gasteiger partial charge in [-0.05, 0) is 19.4 Å². The maximum atomic E-state index is 12.6. The largest absolute Gasteiger partial charge is 0.489 e. The first-order valence-electron chi connectivity index (χ1n) is 10.6. The van der Waals surface area contributed by atoms with Crippen molar-refractivity contribution in [2.75, 3.05) is 31.7 Å². The molecule has 0 aliphatic carbocycles. The summed E-state index contributed by atoms with van der Waals surface area (Å²) in [7, 11) is 1.55. The lowest BCUT2D eigenvalue weighted by Gasteiger charge is -2.40. The Hall–Kier alpha value is -3.84. The van der Waals surface area contributed by atoms with Crippen LogP contribution in [0.25, 0.3) is 5.52 Å². The van der Waals surface area contributed by atoms with Gasteiger partial charge in [0.15, 0.2) is 0 Å². The second kappa shape index (κ2) is 8.96. The zero-order chi connectivity index (χ0) is 23.6. The predicted octanol–water partition coefficient (Wildman–Crippen LogP) is 1.51. The molecule has 1 aliphatic heterocycles. The third-order valence-electron chi connectivity index (χ3n) is 5.35. The highest BCUT2D eigenvalue weighted by Gasteiger charge is 2.34. The molecule has 0 aromatic carbocycles. The van der Waals surface area contributed by atoms with Crippen molar-refractivity contribution in [2.24, 2.45) is 5.92 Å². The van der Waals surface area contributed by atoms with Gasteiger partial charge in [-0.2, -0.15) is 10.4 Å². The SMILES string of the molecule is COc1ccc(CNC(=O)C2CN(c3cc(OCC(C)(C)O)cn4ncc(C#N)c34)C2)cn1. The first-order valence-corrected chi connectivity index (χ1v) is 10.6. The molecule has 1 saturated heterocycles. The van der Waals surface area contributed by atoms with Crippen LogP contribution in [0, 0.1) is 17.2 Å². The Labute approximate surface area is 191 Å². The molecular weight excluding hydrogens is 424 g/mol. The third-order valence-corrected chi connectivity index (χ3v) is 5.35. The summed E-state index contributed by atoms with van der Waals surface area (Å²) < 4.78 is 12.4. The lowest BCUT2D eigenvalue weighted by atomic mass is 9.97. The van der Waals surface area contributed by atoms with E-state index in [1.165, 1.54) is 6.20 Å². The summed E-state index contributed by atoms with van der Waals surface area (Å²) in [5.41, 5.74) is 1.77. The number of nitrogens with one attached hydrogen (secondary N) is 1. The standard InChI is InChI=1S/C23H26N6O4/c1-23(2,31)14-33-18-6-19(21-16(7-24)10-27-29(21)13-18)28-11-17(12-28)22(30)26-9-15-4-5-20(32-3)25-8-15/h4-6,8,10,13,17,31H,9,11-12,14H2,1-3H3,(H,26,30). The summed E-state index contributed by atoms with van der Waals surface area (Å²) >= 11 is 0. The maximum Gasteiger partial charge on any atom is 0.226 e. The van der Waals surface area contributed by atoms with Crippen LogP contribution >= 0.6 is 0 Å². The lowest BCUT2D eigenvalue weighted by molar-refractivity contribution is -0.125. The minimum atomic E-state index is -0.990. The number of aliphatic hydroxyl groups is 1. The van der Waals surface area contributed by atoms with Crippen molar-refractivity contribution in [1.29, 1.82) is 5.26 Å². The Kier molecular flexibility index (Phi) is 6.07. The lowest BCUT2D eigenvalue weighted by Crippen LogP contribution is -2.53. The van der Waals surface area contributed by atoms with Crippen LogP contribution in [0.3, 0.4) is 0 Å². The van der Waals surface area contributed by atoms with E-state index in [9.17, 15) is 15.2 Å². The first-order chi connectivity index (χ1) is 15.8. The molecule has 0 radical (unpaired) electrons. The maximum absolute atomic E-state index is 12.6. The van der Waals surface area contributed by atoms with Crippen molar-refractivity contribution >= 4 is 17.1 Å². The van der Waals surface area contributed by atoms with Crippen molar-refractivity contribution in [3.8, 4) is 17.7 Å². The second-order valence-electron chi connectivity index (χ2n) is 8.65. The summed E-state index contributed by atoms with van der Waals surface area (Å²) in [6, 6.07) is 7.60. The van der Waals surface area contributed by atoms with Crippen LogP contribution in [0.1, 0.15) is 25.0 Å². The topological polar surface area (TPSA) is 125 Å². The molecule has 1 amide bonds. The van der Waals surface area contributed by atoms with Gasteiger partial charge in [-0.3, -0.25) is 4.79 Å². The first kappa shape index (κ1) is 22.4. The summed E-state index contributed by atoms with van der Waals surface area (Å²) in [6.07, 6.45) is 4.86. The van der Waals surface area contributed by atoms with Crippen LogP contribution in [0.5, 0.6) is 11.6 Å². The van der Waals surface area contributed by atoms with Gasteiger partial charge in [0.05, 0.1) is 42.3 Å². The van der Waals surface area contributed by atoms with Crippen molar-refractivity contribution in [1.82, 2.24) is 19.9 Å². The van der Waals surface area contributed by atoms with E-state index in [1.54, 1.807) is 43.9 Å². The number of nitriles is 1. The van der Waals surface area contributed by atoms with Gasteiger partial charge in [0, 0.05) is 38.0 Å². The Morgan fingerprint density at radius 3 is 2.79 bits per heavy atom. The van der Waals surface area contributed by atoms with Gasteiger partial charge < -0.3 is 24.8 Å². The molecule has 0 spiro atoms. The van der Waals surface area contributed by atoms with E-state index in [1.807, 2.05) is 17.0 Å². The monoisotopic (exact) mass is 450 g/mol. The van der Waals surface area contributed by atoms with Gasteiger partial charge in [-0.25, -0.2) is 9.50 Å². The fourth-order valence-electron chi connectivity index (χ4n) is 3.55. The number of amides is 1. The molecular formula is C23H26N6O4. The number of hydrogen-bond acceptors (Lipinski definition) is 8. The number of methoxy groups -OCH3 is 1. The quantitative estimate of drug-likeness (QED) is 0.529. The van der Waals surface area contributed by atoms with Crippen LogP contribution in [-0.2, 0) is 11.3 Å².